The van der Waals surface area contributed by atoms with Gasteiger partial charge in [-0.3, -0.25) is 4.79 Å². The van der Waals surface area contributed by atoms with Crippen molar-refractivity contribution in [2.45, 2.75) is 19.5 Å². The Bertz CT molecular complexity index is 1450. The third-order valence-electron chi connectivity index (χ3n) is 6.24. The van der Waals surface area contributed by atoms with Gasteiger partial charge in [0.1, 0.15) is 5.75 Å². The maximum absolute atomic E-state index is 13.7. The molecule has 37 heavy (non-hydrogen) atoms. The first kappa shape index (κ1) is 24.4. The zero-order valence-electron chi connectivity index (χ0n) is 20.3. The molecule has 0 atom stereocenters. The standard InChI is InChI=1S/C28H26ClN5O3/c1-37-23-13-7-19(8-14-23)17-30-27-32-25-18-33(28(36)31-21-11-9-20(29)10-12-21)16-15-24(25)26(35)34(27)22-5-3-2-4-6-22/h2-14H,15-18H2,1H3,(H,30,32)(H,31,36). The summed E-state index contributed by atoms with van der Waals surface area (Å²) in [7, 11) is 1.63. The van der Waals surface area contributed by atoms with E-state index in [0.29, 0.717) is 47.4 Å². The molecule has 188 valence electrons. The Kier molecular flexibility index (Phi) is 7.09. The fraction of sp³-hybridized carbons (Fsp3) is 0.179. The number of urea groups is 1. The maximum atomic E-state index is 13.7. The molecule has 1 aliphatic rings. The number of carbonyl (C=O) groups is 1. The minimum atomic E-state index is -0.255. The third kappa shape index (κ3) is 5.44. The van der Waals surface area contributed by atoms with Gasteiger partial charge in [0.15, 0.2) is 0 Å². The zero-order valence-corrected chi connectivity index (χ0v) is 21.0. The van der Waals surface area contributed by atoms with Crippen molar-refractivity contribution in [2.75, 3.05) is 24.3 Å². The lowest BCUT2D eigenvalue weighted by Gasteiger charge is -2.29. The second-order valence-corrected chi connectivity index (χ2v) is 9.08. The number of hydrogen-bond donors (Lipinski definition) is 2. The average Bonchev–Trinajstić information content (AvgIpc) is 2.93. The number of ether oxygens (including phenoxy) is 1. The number of amides is 2. The average molecular weight is 516 g/mol. The van der Waals surface area contributed by atoms with Crippen LogP contribution in [0, 0.1) is 0 Å². The maximum Gasteiger partial charge on any atom is 0.322 e. The van der Waals surface area contributed by atoms with Crippen molar-refractivity contribution in [1.29, 1.82) is 0 Å². The molecule has 2 amide bonds. The van der Waals surface area contributed by atoms with Crippen molar-refractivity contribution in [1.82, 2.24) is 14.5 Å². The number of methoxy groups -OCH3 is 1. The van der Waals surface area contributed by atoms with E-state index < -0.39 is 0 Å². The molecule has 0 fully saturated rings. The summed E-state index contributed by atoms with van der Waals surface area (Å²) < 4.78 is 6.84. The van der Waals surface area contributed by atoms with Crippen LogP contribution in [0.3, 0.4) is 0 Å². The second kappa shape index (κ2) is 10.8. The van der Waals surface area contributed by atoms with Gasteiger partial charge < -0.3 is 20.3 Å². The number of halogens is 1. The monoisotopic (exact) mass is 515 g/mol. The number of anilines is 2. The highest BCUT2D eigenvalue weighted by atomic mass is 35.5. The Morgan fingerprint density at radius 3 is 2.46 bits per heavy atom. The molecule has 0 saturated heterocycles. The molecule has 2 N–H and O–H groups in total. The fourth-order valence-electron chi connectivity index (χ4n) is 4.26. The van der Waals surface area contributed by atoms with Crippen LogP contribution in [0.15, 0.2) is 83.7 Å². The number of hydrogen-bond acceptors (Lipinski definition) is 5. The summed E-state index contributed by atoms with van der Waals surface area (Å²) >= 11 is 5.94. The van der Waals surface area contributed by atoms with Gasteiger partial charge in [-0.25, -0.2) is 14.3 Å². The van der Waals surface area contributed by atoms with E-state index in [9.17, 15) is 9.59 Å². The molecule has 0 unspecified atom stereocenters. The van der Waals surface area contributed by atoms with E-state index in [1.807, 2.05) is 54.6 Å². The Morgan fingerprint density at radius 1 is 1.03 bits per heavy atom. The SMILES string of the molecule is COc1ccc(CNc2nc3c(c(=O)n2-c2ccccc2)CCN(C(=O)Nc2ccc(Cl)cc2)C3)cc1. The molecule has 2 heterocycles. The molecule has 1 aliphatic heterocycles. The summed E-state index contributed by atoms with van der Waals surface area (Å²) in [6.45, 7) is 1.11. The number of fused-ring (bicyclic) bond motifs is 1. The lowest BCUT2D eigenvalue weighted by Crippen LogP contribution is -2.42. The molecule has 0 spiro atoms. The molecule has 0 saturated carbocycles. The van der Waals surface area contributed by atoms with Crippen molar-refractivity contribution < 1.29 is 9.53 Å². The predicted molar refractivity (Wildman–Crippen MR) is 145 cm³/mol. The summed E-state index contributed by atoms with van der Waals surface area (Å²) in [6.07, 6.45) is 0.417. The van der Waals surface area contributed by atoms with Crippen LogP contribution >= 0.6 is 11.6 Å². The van der Waals surface area contributed by atoms with Gasteiger partial charge in [0, 0.05) is 29.4 Å². The first-order chi connectivity index (χ1) is 18.0. The summed E-state index contributed by atoms with van der Waals surface area (Å²) in [5, 5.41) is 6.80. The van der Waals surface area contributed by atoms with E-state index in [2.05, 4.69) is 10.6 Å². The Hall–Kier alpha value is -4.30. The van der Waals surface area contributed by atoms with Gasteiger partial charge in [-0.15, -0.1) is 0 Å². The van der Waals surface area contributed by atoms with Gasteiger partial charge >= 0.3 is 6.03 Å². The van der Waals surface area contributed by atoms with Crippen LogP contribution < -0.4 is 20.9 Å². The van der Waals surface area contributed by atoms with Crippen molar-refractivity contribution >= 4 is 29.3 Å². The number of nitrogens with zero attached hydrogens (tertiary/aromatic N) is 3. The topological polar surface area (TPSA) is 88.5 Å². The van der Waals surface area contributed by atoms with E-state index in [-0.39, 0.29) is 18.1 Å². The second-order valence-electron chi connectivity index (χ2n) is 8.65. The number of nitrogens with one attached hydrogen (secondary N) is 2. The number of aromatic nitrogens is 2. The van der Waals surface area contributed by atoms with Crippen LogP contribution in [0.2, 0.25) is 5.02 Å². The summed E-state index contributed by atoms with van der Waals surface area (Å²) in [4.78, 5) is 33.1. The van der Waals surface area contributed by atoms with Crippen molar-refractivity contribution in [3.05, 3.63) is 111 Å². The largest absolute Gasteiger partial charge is 0.497 e. The zero-order chi connectivity index (χ0) is 25.8. The molecular weight excluding hydrogens is 490 g/mol. The molecular formula is C28H26ClN5O3. The molecule has 0 radical (unpaired) electrons. The van der Waals surface area contributed by atoms with Crippen LogP contribution in [0.5, 0.6) is 5.75 Å². The highest BCUT2D eigenvalue weighted by molar-refractivity contribution is 6.30. The van der Waals surface area contributed by atoms with Gasteiger partial charge in [0.05, 0.1) is 25.0 Å². The van der Waals surface area contributed by atoms with Gasteiger partial charge in [-0.1, -0.05) is 41.9 Å². The number of rotatable bonds is 6. The first-order valence-electron chi connectivity index (χ1n) is 11.9. The highest BCUT2D eigenvalue weighted by Gasteiger charge is 2.26. The summed E-state index contributed by atoms with van der Waals surface area (Å²) in [5.41, 5.74) is 3.46. The van der Waals surface area contributed by atoms with Crippen molar-refractivity contribution in [2.24, 2.45) is 0 Å². The van der Waals surface area contributed by atoms with Crippen LogP contribution in [-0.4, -0.2) is 34.1 Å². The highest BCUT2D eigenvalue weighted by Crippen LogP contribution is 2.22. The van der Waals surface area contributed by atoms with E-state index in [1.165, 1.54) is 0 Å². The first-order valence-corrected chi connectivity index (χ1v) is 12.3. The van der Waals surface area contributed by atoms with Gasteiger partial charge in [-0.05, 0) is 60.5 Å². The Morgan fingerprint density at radius 2 is 1.76 bits per heavy atom. The molecule has 1 aromatic heterocycles. The minimum Gasteiger partial charge on any atom is -0.497 e. The third-order valence-corrected chi connectivity index (χ3v) is 6.49. The fourth-order valence-corrected chi connectivity index (χ4v) is 4.38. The smallest absolute Gasteiger partial charge is 0.322 e. The normalized spacial score (nSPS) is 12.5. The molecule has 4 aromatic rings. The van der Waals surface area contributed by atoms with E-state index >= 15 is 0 Å². The van der Waals surface area contributed by atoms with Crippen LogP contribution in [0.25, 0.3) is 5.69 Å². The Balaban J connectivity index is 1.43. The van der Waals surface area contributed by atoms with Crippen LogP contribution in [0.1, 0.15) is 16.8 Å². The van der Waals surface area contributed by atoms with Crippen molar-refractivity contribution in [3.8, 4) is 11.4 Å². The summed E-state index contributed by atoms with van der Waals surface area (Å²) in [5.74, 6) is 1.19. The van der Waals surface area contributed by atoms with E-state index in [0.717, 1.165) is 17.0 Å². The molecule has 0 aliphatic carbocycles. The molecule has 9 heteroatoms. The quantitative estimate of drug-likeness (QED) is 0.373. The van der Waals surface area contributed by atoms with Gasteiger partial charge in [0.2, 0.25) is 5.95 Å². The predicted octanol–water partition coefficient (Wildman–Crippen LogP) is 5.10. The van der Waals surface area contributed by atoms with E-state index in [4.69, 9.17) is 21.3 Å². The molecule has 8 nitrogen and oxygen atoms in total. The lowest BCUT2D eigenvalue weighted by atomic mass is 10.1. The van der Waals surface area contributed by atoms with Crippen molar-refractivity contribution in [3.63, 3.8) is 0 Å². The summed E-state index contributed by atoms with van der Waals surface area (Å²) in [6, 6.07) is 23.8. The number of benzene rings is 3. The molecule has 3 aromatic carbocycles. The Labute approximate surface area is 219 Å². The minimum absolute atomic E-state index is 0.133. The van der Waals surface area contributed by atoms with E-state index in [1.54, 1.807) is 40.8 Å². The van der Waals surface area contributed by atoms with Crippen LogP contribution in [0.4, 0.5) is 16.4 Å². The molecule has 0 bridgehead atoms. The lowest BCUT2D eigenvalue weighted by molar-refractivity contribution is 0.205. The van der Waals surface area contributed by atoms with Gasteiger partial charge in [-0.2, -0.15) is 0 Å². The molecule has 5 rings (SSSR count). The number of para-hydroxylation sites is 1. The number of carbonyl (C=O) groups excluding carboxylic acids is 1. The van der Waals surface area contributed by atoms with Gasteiger partial charge in [0.25, 0.3) is 5.56 Å². The van der Waals surface area contributed by atoms with Crippen LogP contribution in [-0.2, 0) is 19.5 Å².